The minimum atomic E-state index is -0.461. The molecule has 3 heteroatoms. The van der Waals surface area contributed by atoms with Crippen LogP contribution in [-0.4, -0.2) is 11.9 Å². The van der Waals surface area contributed by atoms with E-state index >= 15 is 0 Å². The zero-order chi connectivity index (χ0) is 14.4. The largest absolute Gasteiger partial charge is 0.467 e. The van der Waals surface area contributed by atoms with Crippen molar-refractivity contribution in [2.75, 3.05) is 6.79 Å². The van der Waals surface area contributed by atoms with E-state index in [4.69, 9.17) is 9.47 Å². The molecule has 0 radical (unpaired) electrons. The van der Waals surface area contributed by atoms with Crippen LogP contribution >= 0.6 is 0 Å². The summed E-state index contributed by atoms with van der Waals surface area (Å²) in [7, 11) is 0. The SMILES string of the molecule is Cc1cc([C@H](C)O)ccc1OCOCc1ccccc1. The molecule has 0 aliphatic rings. The Morgan fingerprint density at radius 1 is 1.10 bits per heavy atom. The number of benzene rings is 2. The van der Waals surface area contributed by atoms with Gasteiger partial charge in [0.1, 0.15) is 5.75 Å². The standard InChI is InChI=1S/C17H20O3/c1-13-10-16(14(2)18)8-9-17(13)20-12-19-11-15-6-4-3-5-7-15/h3-10,14,18H,11-12H2,1-2H3/t14-/m0/s1. The van der Waals surface area contributed by atoms with E-state index in [1.807, 2.05) is 55.5 Å². The average molecular weight is 272 g/mol. The fourth-order valence-electron chi connectivity index (χ4n) is 1.93. The molecule has 20 heavy (non-hydrogen) atoms. The van der Waals surface area contributed by atoms with Gasteiger partial charge >= 0.3 is 0 Å². The Morgan fingerprint density at radius 2 is 1.85 bits per heavy atom. The number of aryl methyl sites for hydroxylation is 1. The van der Waals surface area contributed by atoms with Crippen LogP contribution in [0.1, 0.15) is 29.7 Å². The summed E-state index contributed by atoms with van der Waals surface area (Å²) < 4.78 is 11.1. The van der Waals surface area contributed by atoms with Crippen molar-refractivity contribution < 1.29 is 14.6 Å². The van der Waals surface area contributed by atoms with Gasteiger partial charge in [0.25, 0.3) is 0 Å². The quantitative estimate of drug-likeness (QED) is 0.645. The van der Waals surface area contributed by atoms with Crippen LogP contribution in [0.5, 0.6) is 5.75 Å². The van der Waals surface area contributed by atoms with Gasteiger partial charge in [-0.15, -0.1) is 0 Å². The molecule has 0 fully saturated rings. The highest BCUT2D eigenvalue weighted by Crippen LogP contribution is 2.22. The monoisotopic (exact) mass is 272 g/mol. The van der Waals surface area contributed by atoms with E-state index in [2.05, 4.69) is 0 Å². The van der Waals surface area contributed by atoms with E-state index in [1.165, 1.54) is 0 Å². The van der Waals surface area contributed by atoms with Gasteiger partial charge < -0.3 is 14.6 Å². The lowest BCUT2D eigenvalue weighted by Gasteiger charge is -2.12. The highest BCUT2D eigenvalue weighted by molar-refractivity contribution is 5.36. The van der Waals surface area contributed by atoms with E-state index in [-0.39, 0.29) is 6.79 Å². The molecule has 0 unspecified atom stereocenters. The lowest BCUT2D eigenvalue weighted by molar-refractivity contribution is 0.00465. The topological polar surface area (TPSA) is 38.7 Å². The molecule has 0 amide bonds. The van der Waals surface area contributed by atoms with E-state index in [0.29, 0.717) is 6.61 Å². The molecule has 1 atom stereocenters. The molecule has 1 N–H and O–H groups in total. The molecule has 0 heterocycles. The molecule has 2 aromatic carbocycles. The molecule has 0 aliphatic carbocycles. The first-order chi connectivity index (χ1) is 9.66. The van der Waals surface area contributed by atoms with Crippen molar-refractivity contribution in [3.8, 4) is 5.75 Å². The average Bonchev–Trinajstić information content (AvgIpc) is 2.46. The summed E-state index contributed by atoms with van der Waals surface area (Å²) in [6.45, 7) is 4.45. The highest BCUT2D eigenvalue weighted by Gasteiger charge is 2.05. The zero-order valence-electron chi connectivity index (χ0n) is 11.9. The van der Waals surface area contributed by atoms with Crippen molar-refractivity contribution in [3.63, 3.8) is 0 Å². The Balaban J connectivity index is 1.82. The lowest BCUT2D eigenvalue weighted by atomic mass is 10.1. The van der Waals surface area contributed by atoms with Gasteiger partial charge in [0, 0.05) is 0 Å². The van der Waals surface area contributed by atoms with Crippen LogP contribution in [0.3, 0.4) is 0 Å². The van der Waals surface area contributed by atoms with E-state index < -0.39 is 6.10 Å². The number of hydrogen-bond acceptors (Lipinski definition) is 3. The van der Waals surface area contributed by atoms with Gasteiger partial charge in [-0.3, -0.25) is 0 Å². The van der Waals surface area contributed by atoms with Crippen LogP contribution in [0.2, 0.25) is 0 Å². The van der Waals surface area contributed by atoms with Crippen LogP contribution < -0.4 is 4.74 Å². The van der Waals surface area contributed by atoms with Crippen molar-refractivity contribution in [2.24, 2.45) is 0 Å². The van der Waals surface area contributed by atoms with Crippen molar-refractivity contribution in [1.29, 1.82) is 0 Å². The summed E-state index contributed by atoms with van der Waals surface area (Å²) >= 11 is 0. The fraction of sp³-hybridized carbons (Fsp3) is 0.294. The van der Waals surface area contributed by atoms with Gasteiger partial charge in [0.2, 0.25) is 0 Å². The Morgan fingerprint density at radius 3 is 2.50 bits per heavy atom. The second-order valence-corrected chi connectivity index (χ2v) is 4.80. The highest BCUT2D eigenvalue weighted by atomic mass is 16.7. The number of rotatable bonds is 6. The minimum Gasteiger partial charge on any atom is -0.467 e. The van der Waals surface area contributed by atoms with Crippen molar-refractivity contribution in [1.82, 2.24) is 0 Å². The lowest BCUT2D eigenvalue weighted by Crippen LogP contribution is -2.04. The third kappa shape index (κ3) is 4.08. The molecule has 0 saturated heterocycles. The first kappa shape index (κ1) is 14.6. The molecular formula is C17H20O3. The first-order valence-electron chi connectivity index (χ1n) is 6.70. The van der Waals surface area contributed by atoms with Gasteiger partial charge in [-0.05, 0) is 42.7 Å². The maximum Gasteiger partial charge on any atom is 0.189 e. The summed E-state index contributed by atoms with van der Waals surface area (Å²) in [6, 6.07) is 15.6. The maximum absolute atomic E-state index is 9.51. The summed E-state index contributed by atoms with van der Waals surface area (Å²) in [5.41, 5.74) is 3.00. The second-order valence-electron chi connectivity index (χ2n) is 4.80. The van der Waals surface area contributed by atoms with Crippen LogP contribution in [0.4, 0.5) is 0 Å². The number of hydrogen-bond donors (Lipinski definition) is 1. The fourth-order valence-corrected chi connectivity index (χ4v) is 1.93. The number of aliphatic hydroxyl groups is 1. The smallest absolute Gasteiger partial charge is 0.189 e. The first-order valence-corrected chi connectivity index (χ1v) is 6.70. The van der Waals surface area contributed by atoms with Crippen molar-refractivity contribution in [2.45, 2.75) is 26.6 Å². The van der Waals surface area contributed by atoms with Crippen molar-refractivity contribution >= 4 is 0 Å². The Kier molecular flexibility index (Phi) is 5.16. The minimum absolute atomic E-state index is 0.212. The van der Waals surface area contributed by atoms with Gasteiger partial charge in [-0.2, -0.15) is 0 Å². The van der Waals surface area contributed by atoms with Gasteiger partial charge in [0.05, 0.1) is 12.7 Å². The van der Waals surface area contributed by atoms with Gasteiger partial charge in [-0.1, -0.05) is 36.4 Å². The molecule has 2 aromatic rings. The van der Waals surface area contributed by atoms with Crippen LogP contribution in [0.25, 0.3) is 0 Å². The van der Waals surface area contributed by atoms with Crippen LogP contribution in [0.15, 0.2) is 48.5 Å². The molecule has 2 rings (SSSR count). The molecule has 0 spiro atoms. The summed E-state index contributed by atoms with van der Waals surface area (Å²) in [4.78, 5) is 0. The second kappa shape index (κ2) is 7.08. The molecule has 0 aliphatic heterocycles. The van der Waals surface area contributed by atoms with Crippen LogP contribution in [0, 0.1) is 6.92 Å². The molecule has 0 bridgehead atoms. The number of aliphatic hydroxyl groups excluding tert-OH is 1. The Bertz CT molecular complexity index is 535. The molecule has 0 aromatic heterocycles. The normalized spacial score (nSPS) is 12.2. The Labute approximate surface area is 119 Å². The predicted octanol–water partition coefficient (Wildman–Crippen LogP) is 3.60. The predicted molar refractivity (Wildman–Crippen MR) is 78.5 cm³/mol. The molecular weight excluding hydrogens is 252 g/mol. The maximum atomic E-state index is 9.51. The summed E-state index contributed by atoms with van der Waals surface area (Å²) in [6.07, 6.45) is -0.461. The van der Waals surface area contributed by atoms with E-state index in [0.717, 1.165) is 22.4 Å². The number of ether oxygens (including phenoxy) is 2. The van der Waals surface area contributed by atoms with Gasteiger partial charge in [-0.25, -0.2) is 0 Å². The summed E-state index contributed by atoms with van der Waals surface area (Å²) in [5, 5.41) is 9.51. The van der Waals surface area contributed by atoms with Gasteiger partial charge in [0.15, 0.2) is 6.79 Å². The van der Waals surface area contributed by atoms with E-state index in [1.54, 1.807) is 6.92 Å². The third-order valence-corrected chi connectivity index (χ3v) is 3.09. The molecule has 0 saturated carbocycles. The third-order valence-electron chi connectivity index (χ3n) is 3.09. The molecule has 3 nitrogen and oxygen atoms in total. The summed E-state index contributed by atoms with van der Waals surface area (Å²) in [5.74, 6) is 0.780. The molecule has 106 valence electrons. The Hall–Kier alpha value is -1.84. The zero-order valence-corrected chi connectivity index (χ0v) is 11.9. The van der Waals surface area contributed by atoms with E-state index in [9.17, 15) is 5.11 Å². The van der Waals surface area contributed by atoms with Crippen LogP contribution in [-0.2, 0) is 11.3 Å². The van der Waals surface area contributed by atoms with Crippen molar-refractivity contribution in [3.05, 3.63) is 65.2 Å².